The first-order valence-corrected chi connectivity index (χ1v) is 12.2. The maximum absolute atomic E-state index is 13.7. The fraction of sp³-hybridized carbons (Fsp3) is 0.222. The molecule has 10 heteroatoms. The zero-order valence-corrected chi connectivity index (χ0v) is 22.1. The third-order valence-corrected chi connectivity index (χ3v) is 6.63. The van der Waals surface area contributed by atoms with Crippen LogP contribution in [0, 0.1) is 0 Å². The van der Waals surface area contributed by atoms with Crippen LogP contribution in [0.1, 0.15) is 12.0 Å². The number of anilines is 2. The van der Waals surface area contributed by atoms with Crippen molar-refractivity contribution in [2.75, 3.05) is 31.5 Å². The molecule has 1 fully saturated rings. The summed E-state index contributed by atoms with van der Waals surface area (Å²) in [5, 5.41) is 3.69. The van der Waals surface area contributed by atoms with Crippen molar-refractivity contribution in [3.05, 3.63) is 77.3 Å². The van der Waals surface area contributed by atoms with E-state index in [1.807, 2.05) is 12.1 Å². The van der Waals surface area contributed by atoms with Gasteiger partial charge in [0.25, 0.3) is 5.91 Å². The third kappa shape index (κ3) is 5.79. The molecular weight excluding hydrogens is 514 g/mol. The van der Waals surface area contributed by atoms with E-state index in [1.54, 1.807) is 80.8 Å². The second-order valence-electron chi connectivity index (χ2n) is 8.25. The molecular formula is C27H26ClN3O5S. The molecule has 0 aliphatic carbocycles. The van der Waals surface area contributed by atoms with Crippen LogP contribution in [0.25, 0.3) is 0 Å². The molecule has 0 saturated carbocycles. The molecule has 4 rings (SSSR count). The van der Waals surface area contributed by atoms with Gasteiger partial charge in [0.15, 0.2) is 16.6 Å². The van der Waals surface area contributed by atoms with Gasteiger partial charge in [-0.05, 0) is 78.4 Å². The Morgan fingerprint density at radius 1 is 0.946 bits per heavy atom. The Hall–Kier alpha value is -3.82. The number of rotatable bonds is 9. The van der Waals surface area contributed by atoms with Gasteiger partial charge in [-0.2, -0.15) is 0 Å². The van der Waals surface area contributed by atoms with Gasteiger partial charge in [-0.3, -0.25) is 14.5 Å². The number of amides is 2. The molecule has 0 aromatic heterocycles. The zero-order valence-electron chi connectivity index (χ0n) is 20.6. The Morgan fingerprint density at radius 3 is 2.24 bits per heavy atom. The highest BCUT2D eigenvalue weighted by Gasteiger charge is 2.44. The lowest BCUT2D eigenvalue weighted by Crippen LogP contribution is -2.37. The summed E-state index contributed by atoms with van der Waals surface area (Å²) in [6.07, 6.45) is -0.0957. The molecule has 1 aliphatic rings. The van der Waals surface area contributed by atoms with E-state index in [-0.39, 0.29) is 24.8 Å². The average molecular weight is 540 g/mol. The van der Waals surface area contributed by atoms with E-state index >= 15 is 0 Å². The molecule has 3 aromatic rings. The van der Waals surface area contributed by atoms with Crippen LogP contribution in [-0.4, -0.2) is 49.2 Å². The second kappa shape index (κ2) is 11.5. The quantitative estimate of drug-likeness (QED) is 0.387. The number of nitrogens with one attached hydrogen (secondary N) is 1. The summed E-state index contributed by atoms with van der Waals surface area (Å²) in [7, 11) is 4.69. The number of nitrogens with zero attached hydrogens (tertiary/aromatic N) is 2. The molecule has 192 valence electrons. The number of hydrogen-bond acceptors (Lipinski definition) is 6. The van der Waals surface area contributed by atoms with E-state index < -0.39 is 6.04 Å². The van der Waals surface area contributed by atoms with Crippen LogP contribution >= 0.6 is 23.8 Å². The maximum Gasteiger partial charge on any atom is 0.256 e. The Balaban J connectivity index is 1.62. The SMILES string of the molecule is COc1ccc(N2C(=O)[C@H](CC(=O)Nc3ccc(Cl)cc3)N(Cc3ccc(OC)c(OC)c3)C2=S)cc1. The fourth-order valence-electron chi connectivity index (χ4n) is 4.08. The van der Waals surface area contributed by atoms with Gasteiger partial charge in [0.1, 0.15) is 11.8 Å². The van der Waals surface area contributed by atoms with Gasteiger partial charge < -0.3 is 24.4 Å². The molecule has 0 bridgehead atoms. The number of carbonyl (C=O) groups excluding carboxylic acids is 2. The van der Waals surface area contributed by atoms with Crippen molar-refractivity contribution in [1.82, 2.24) is 4.90 Å². The van der Waals surface area contributed by atoms with E-state index in [0.717, 1.165) is 5.56 Å². The number of benzene rings is 3. The normalized spacial score (nSPS) is 15.1. The van der Waals surface area contributed by atoms with E-state index in [0.29, 0.717) is 38.8 Å². The van der Waals surface area contributed by atoms with Gasteiger partial charge in [-0.1, -0.05) is 17.7 Å². The monoisotopic (exact) mass is 539 g/mol. The van der Waals surface area contributed by atoms with E-state index in [1.165, 1.54) is 4.90 Å². The van der Waals surface area contributed by atoms with Crippen LogP contribution in [0.3, 0.4) is 0 Å². The fourth-order valence-corrected chi connectivity index (χ4v) is 4.59. The molecule has 8 nitrogen and oxygen atoms in total. The van der Waals surface area contributed by atoms with Crippen LogP contribution in [0.15, 0.2) is 66.7 Å². The Labute approximate surface area is 225 Å². The molecule has 1 saturated heterocycles. The molecule has 1 heterocycles. The lowest BCUT2D eigenvalue weighted by Gasteiger charge is -2.24. The van der Waals surface area contributed by atoms with Crippen molar-refractivity contribution in [1.29, 1.82) is 0 Å². The Kier molecular flexibility index (Phi) is 8.15. The Morgan fingerprint density at radius 2 is 1.62 bits per heavy atom. The lowest BCUT2D eigenvalue weighted by atomic mass is 10.1. The zero-order chi connectivity index (χ0) is 26.5. The highest BCUT2D eigenvalue weighted by Crippen LogP contribution is 2.32. The molecule has 1 N–H and O–H groups in total. The van der Waals surface area contributed by atoms with Gasteiger partial charge >= 0.3 is 0 Å². The Bertz CT molecular complexity index is 1300. The summed E-state index contributed by atoms with van der Waals surface area (Å²) < 4.78 is 16.0. The second-order valence-corrected chi connectivity index (χ2v) is 9.05. The van der Waals surface area contributed by atoms with Crippen LogP contribution in [0.5, 0.6) is 17.2 Å². The summed E-state index contributed by atoms with van der Waals surface area (Å²) in [5.41, 5.74) is 2.02. The summed E-state index contributed by atoms with van der Waals surface area (Å²) in [6.45, 7) is 0.288. The first-order chi connectivity index (χ1) is 17.8. The average Bonchev–Trinajstić information content (AvgIpc) is 3.13. The minimum atomic E-state index is -0.810. The van der Waals surface area contributed by atoms with Crippen molar-refractivity contribution in [3.63, 3.8) is 0 Å². The van der Waals surface area contributed by atoms with Crippen molar-refractivity contribution in [2.45, 2.75) is 19.0 Å². The molecule has 37 heavy (non-hydrogen) atoms. The highest BCUT2D eigenvalue weighted by molar-refractivity contribution is 7.80. The van der Waals surface area contributed by atoms with E-state index in [4.69, 9.17) is 38.0 Å². The van der Waals surface area contributed by atoms with Gasteiger partial charge in [0.2, 0.25) is 5.91 Å². The summed E-state index contributed by atoms with van der Waals surface area (Å²) in [4.78, 5) is 29.8. The molecule has 3 aromatic carbocycles. The van der Waals surface area contributed by atoms with Gasteiger partial charge in [-0.25, -0.2) is 0 Å². The minimum Gasteiger partial charge on any atom is -0.497 e. The standard InChI is InChI=1S/C27H26ClN3O5S/c1-34-21-11-9-20(10-12-21)31-26(33)22(15-25(32)29-19-7-5-18(28)6-8-19)30(27(31)37)16-17-4-13-23(35-2)24(14-17)36-3/h4-14,22H,15-16H2,1-3H3,(H,29,32)/t22-/m0/s1. The van der Waals surface area contributed by atoms with E-state index in [9.17, 15) is 9.59 Å². The third-order valence-electron chi connectivity index (χ3n) is 5.96. The maximum atomic E-state index is 13.7. The van der Waals surface area contributed by atoms with Crippen molar-refractivity contribution in [2.24, 2.45) is 0 Å². The molecule has 0 unspecified atom stereocenters. The molecule has 0 spiro atoms. The molecule has 1 atom stereocenters. The first-order valence-electron chi connectivity index (χ1n) is 11.4. The van der Waals surface area contributed by atoms with Crippen molar-refractivity contribution < 1.29 is 23.8 Å². The highest BCUT2D eigenvalue weighted by atomic mass is 35.5. The van der Waals surface area contributed by atoms with Gasteiger partial charge in [0, 0.05) is 17.3 Å². The van der Waals surface area contributed by atoms with Gasteiger partial charge in [-0.15, -0.1) is 0 Å². The number of hydrogen-bond donors (Lipinski definition) is 1. The largest absolute Gasteiger partial charge is 0.497 e. The van der Waals surface area contributed by atoms with Crippen LogP contribution in [0.2, 0.25) is 5.02 Å². The number of methoxy groups -OCH3 is 3. The topological polar surface area (TPSA) is 80.3 Å². The van der Waals surface area contributed by atoms with E-state index in [2.05, 4.69) is 5.32 Å². The van der Waals surface area contributed by atoms with Gasteiger partial charge in [0.05, 0.1) is 33.4 Å². The summed E-state index contributed by atoms with van der Waals surface area (Å²) in [6, 6.07) is 18.5. The van der Waals surface area contributed by atoms with Crippen molar-refractivity contribution >= 4 is 52.1 Å². The number of thiocarbonyl (C=S) groups is 1. The van der Waals surface area contributed by atoms with Crippen LogP contribution in [0.4, 0.5) is 11.4 Å². The van der Waals surface area contributed by atoms with Crippen molar-refractivity contribution in [3.8, 4) is 17.2 Å². The number of halogens is 1. The van der Waals surface area contributed by atoms with Crippen LogP contribution < -0.4 is 24.4 Å². The summed E-state index contributed by atoms with van der Waals surface area (Å²) >= 11 is 11.7. The first kappa shape index (κ1) is 26.2. The predicted molar refractivity (Wildman–Crippen MR) is 147 cm³/mol. The smallest absolute Gasteiger partial charge is 0.256 e. The minimum absolute atomic E-state index is 0.0957. The summed E-state index contributed by atoms with van der Waals surface area (Å²) in [5.74, 6) is 1.19. The number of ether oxygens (including phenoxy) is 3. The predicted octanol–water partition coefficient (Wildman–Crippen LogP) is 4.90. The molecule has 1 aliphatic heterocycles. The number of carbonyl (C=O) groups is 2. The van der Waals surface area contributed by atoms with Crippen LogP contribution in [-0.2, 0) is 16.1 Å². The lowest BCUT2D eigenvalue weighted by molar-refractivity contribution is -0.124. The molecule has 0 radical (unpaired) electrons. The molecule has 2 amide bonds.